The Labute approximate surface area is 314 Å². The zero-order valence-corrected chi connectivity index (χ0v) is 29.1. The topological polar surface area (TPSA) is 247 Å². The molecular weight excluding hydrogens is 755 g/mol. The molecule has 3 aromatic rings. The number of fused-ring (bicyclic) bond motifs is 1. The largest absolute Gasteiger partial charge is 0.547 e. The summed E-state index contributed by atoms with van der Waals surface area (Å²) >= 11 is 6.16. The molecule has 55 heavy (non-hydrogen) atoms. The summed E-state index contributed by atoms with van der Waals surface area (Å²) in [5.41, 5.74) is -1.05. The molecule has 21 heteroatoms. The van der Waals surface area contributed by atoms with Crippen molar-refractivity contribution in [2.24, 2.45) is 0 Å². The molecule has 6 amide bonds. The lowest BCUT2D eigenvalue weighted by atomic mass is 9.72. The predicted octanol–water partition coefficient (Wildman–Crippen LogP) is 1.30. The number of piperazine rings is 1. The van der Waals surface area contributed by atoms with Crippen molar-refractivity contribution in [2.75, 3.05) is 26.2 Å². The number of nitrogens with zero attached hydrogens (tertiary/aromatic N) is 3. The Morgan fingerprint density at radius 2 is 1.58 bits per heavy atom. The van der Waals surface area contributed by atoms with Crippen LogP contribution in [0.1, 0.15) is 50.7 Å². The lowest BCUT2D eigenvalue weighted by Gasteiger charge is -2.41. The molecular formula is C34H31BClF2N5O12. The van der Waals surface area contributed by atoms with Gasteiger partial charge >= 0.3 is 30.9 Å². The number of hydrogen-bond donors (Lipinski definition) is 7. The molecule has 2 fully saturated rings. The summed E-state index contributed by atoms with van der Waals surface area (Å²) in [6, 6.07) is 4.42. The highest BCUT2D eigenvalue weighted by atomic mass is 35.5. The number of carbonyl (C=O) groups is 6. The van der Waals surface area contributed by atoms with Crippen molar-refractivity contribution < 1.29 is 67.7 Å². The summed E-state index contributed by atoms with van der Waals surface area (Å²) in [5.74, 6) is -12.5. The van der Waals surface area contributed by atoms with E-state index in [4.69, 9.17) is 16.3 Å². The maximum atomic E-state index is 14.7. The molecule has 3 aromatic carbocycles. The second kappa shape index (κ2) is 15.3. The van der Waals surface area contributed by atoms with Crippen LogP contribution in [0.15, 0.2) is 42.5 Å². The van der Waals surface area contributed by atoms with E-state index in [2.05, 4.69) is 10.6 Å². The first kappa shape index (κ1) is 38.6. The molecule has 2 atom stereocenters. The number of aromatic hydroxyl groups is 3. The molecule has 0 saturated carbocycles. The summed E-state index contributed by atoms with van der Waals surface area (Å²) in [5, 5.41) is 53.4. The van der Waals surface area contributed by atoms with Gasteiger partial charge in [-0.1, -0.05) is 17.7 Å². The van der Waals surface area contributed by atoms with E-state index in [0.29, 0.717) is 29.4 Å². The van der Waals surface area contributed by atoms with E-state index >= 15 is 0 Å². The van der Waals surface area contributed by atoms with Crippen LogP contribution in [0.25, 0.3) is 0 Å². The fourth-order valence-electron chi connectivity index (χ4n) is 6.70. The number of carbonyl (C=O) groups excluding carboxylic acids is 5. The molecule has 0 aromatic heterocycles. The van der Waals surface area contributed by atoms with Crippen molar-refractivity contribution in [1.82, 2.24) is 25.3 Å². The van der Waals surface area contributed by atoms with Gasteiger partial charge in [-0.3, -0.25) is 24.1 Å². The number of imide groups is 1. The molecule has 6 rings (SSSR count). The number of rotatable bonds is 7. The molecule has 3 aliphatic rings. The minimum Gasteiger partial charge on any atom is -0.534 e. The molecule has 0 bridgehead atoms. The normalized spacial score (nSPS) is 18.0. The Balaban J connectivity index is 1.16. The molecule has 0 aliphatic carbocycles. The highest BCUT2D eigenvalue weighted by Crippen LogP contribution is 2.41. The van der Waals surface area contributed by atoms with Gasteiger partial charge in [0.2, 0.25) is 5.91 Å². The third-order valence-electron chi connectivity index (χ3n) is 9.59. The van der Waals surface area contributed by atoms with Gasteiger partial charge in [0, 0.05) is 43.3 Å². The highest BCUT2D eigenvalue weighted by molar-refractivity contribution is 6.47. The van der Waals surface area contributed by atoms with Crippen LogP contribution >= 0.6 is 11.6 Å². The second-order valence-electron chi connectivity index (χ2n) is 12.9. The summed E-state index contributed by atoms with van der Waals surface area (Å²) in [6.07, 6.45) is 0.310. The monoisotopic (exact) mass is 785 g/mol. The second-order valence-corrected chi connectivity index (χ2v) is 13.3. The highest BCUT2D eigenvalue weighted by Gasteiger charge is 2.44. The summed E-state index contributed by atoms with van der Waals surface area (Å²) in [6.45, 7) is 0.0353. The predicted molar refractivity (Wildman–Crippen MR) is 184 cm³/mol. The van der Waals surface area contributed by atoms with Crippen LogP contribution in [0, 0.1) is 11.6 Å². The minimum absolute atomic E-state index is 0.00179. The van der Waals surface area contributed by atoms with Crippen molar-refractivity contribution in [1.29, 1.82) is 0 Å². The van der Waals surface area contributed by atoms with Gasteiger partial charge in [0.25, 0.3) is 5.91 Å². The first-order valence-corrected chi connectivity index (χ1v) is 17.1. The van der Waals surface area contributed by atoms with Crippen LogP contribution in [0.2, 0.25) is 5.02 Å². The van der Waals surface area contributed by atoms with Gasteiger partial charge in [0.05, 0.1) is 11.0 Å². The Bertz CT molecular complexity index is 2100. The molecule has 7 N–H and O–H groups in total. The Kier molecular flexibility index (Phi) is 10.7. The van der Waals surface area contributed by atoms with E-state index in [1.807, 2.05) is 0 Å². The molecule has 288 valence electrons. The average Bonchev–Trinajstić information content (AvgIpc) is 3.15. The molecule has 0 radical (unpaired) electrons. The van der Waals surface area contributed by atoms with Gasteiger partial charge in [-0.25, -0.2) is 18.4 Å². The number of likely N-dealkylation sites (tertiary alicyclic amines) is 1. The number of amides is 6. The number of phenolic OH excluding ortho intramolecular Hbond substituents is 3. The van der Waals surface area contributed by atoms with Crippen molar-refractivity contribution in [3.63, 3.8) is 0 Å². The van der Waals surface area contributed by atoms with Gasteiger partial charge in [-0.2, -0.15) is 0 Å². The van der Waals surface area contributed by atoms with Gasteiger partial charge in [-0.15, -0.1) is 0 Å². The first-order chi connectivity index (χ1) is 26.1. The van der Waals surface area contributed by atoms with E-state index in [1.165, 1.54) is 29.2 Å². The molecule has 2 saturated heterocycles. The van der Waals surface area contributed by atoms with E-state index in [1.54, 1.807) is 4.90 Å². The molecule has 3 aliphatic heterocycles. The number of nitrogens with one attached hydrogen (secondary N) is 2. The van der Waals surface area contributed by atoms with E-state index in [0.717, 1.165) is 12.1 Å². The number of carboxylic acids is 1. The van der Waals surface area contributed by atoms with Crippen molar-refractivity contribution in [2.45, 2.75) is 37.3 Å². The quantitative estimate of drug-likeness (QED) is 0.102. The molecule has 0 spiro atoms. The van der Waals surface area contributed by atoms with Crippen LogP contribution in [0.3, 0.4) is 0 Å². The minimum atomic E-state index is -2.06. The SMILES string of the molecule is O=C(O)c1c(F)ccc2c1OB(O)[C@@H](NC(=O)C(NC(=O)N1CCN(C3CCN(C(=O)c4ccc(O)cc4)CC3)C(=O)C1=O)c1cc(F)c(O)c(O)c1Cl)C2. The van der Waals surface area contributed by atoms with Crippen molar-refractivity contribution in [3.05, 3.63) is 81.4 Å². The molecule has 3 heterocycles. The van der Waals surface area contributed by atoms with Crippen LogP contribution < -0.4 is 15.3 Å². The number of benzene rings is 3. The Morgan fingerprint density at radius 1 is 0.909 bits per heavy atom. The van der Waals surface area contributed by atoms with E-state index < -0.39 is 99.9 Å². The molecule has 1 unspecified atom stereocenters. The number of aromatic carboxylic acids is 1. The lowest BCUT2D eigenvalue weighted by molar-refractivity contribution is -0.156. The van der Waals surface area contributed by atoms with Gasteiger partial charge in [0.1, 0.15) is 28.9 Å². The zero-order valence-electron chi connectivity index (χ0n) is 28.4. The third-order valence-corrected chi connectivity index (χ3v) is 9.99. The lowest BCUT2D eigenvalue weighted by Crippen LogP contribution is -2.62. The maximum Gasteiger partial charge on any atom is 0.547 e. The number of carboxylic acid groups (broad SMARTS) is 1. The summed E-state index contributed by atoms with van der Waals surface area (Å²) in [7, 11) is -1.97. The fourth-order valence-corrected chi connectivity index (χ4v) is 6.96. The van der Waals surface area contributed by atoms with E-state index in [9.17, 15) is 63.0 Å². The third kappa shape index (κ3) is 7.50. The number of urea groups is 1. The summed E-state index contributed by atoms with van der Waals surface area (Å²) in [4.78, 5) is 81.8. The smallest absolute Gasteiger partial charge is 0.534 e. The Hall–Kier alpha value is -6.15. The van der Waals surface area contributed by atoms with Crippen LogP contribution in [0.4, 0.5) is 13.6 Å². The van der Waals surface area contributed by atoms with Crippen LogP contribution in [-0.2, 0) is 20.8 Å². The maximum absolute atomic E-state index is 14.7. The van der Waals surface area contributed by atoms with Gasteiger partial charge < -0.3 is 50.5 Å². The summed E-state index contributed by atoms with van der Waals surface area (Å²) < 4.78 is 34.1. The van der Waals surface area contributed by atoms with Crippen LogP contribution in [-0.4, -0.2) is 121 Å². The average molecular weight is 786 g/mol. The molecule has 17 nitrogen and oxygen atoms in total. The number of hydrogen-bond acceptors (Lipinski definition) is 11. The number of phenols is 3. The fraction of sp³-hybridized carbons (Fsp3) is 0.294. The number of piperidine rings is 1. The Morgan fingerprint density at radius 3 is 2.24 bits per heavy atom. The van der Waals surface area contributed by atoms with E-state index in [-0.39, 0.29) is 49.8 Å². The zero-order chi connectivity index (χ0) is 39.9. The number of halogens is 3. The van der Waals surface area contributed by atoms with Gasteiger partial charge in [-0.05, 0) is 61.2 Å². The van der Waals surface area contributed by atoms with Crippen molar-refractivity contribution >= 4 is 54.3 Å². The first-order valence-electron chi connectivity index (χ1n) is 16.7. The van der Waals surface area contributed by atoms with Crippen LogP contribution in [0.5, 0.6) is 23.0 Å². The standard InChI is InChI=1S/C34H31BClF2N5O12/c36-24-19(14-21(38)26(45)27(24)46)25(29(47)39-22-13-16-3-6-20(37)23(33(51)52)28(16)55-35(22)54)40-34(53)43-12-11-42(31(49)32(43)50)17-7-9-41(10-8-17)30(48)15-1-4-18(44)5-2-15/h1-6,14,17,22,25,44-46,54H,7-13H2,(H,39,47)(H,40,53)(H,51,52)/t22-,25?/m0/s1. The van der Waals surface area contributed by atoms with Gasteiger partial charge in [0.15, 0.2) is 17.3 Å². The van der Waals surface area contributed by atoms with Crippen molar-refractivity contribution in [3.8, 4) is 23.0 Å².